The highest BCUT2D eigenvalue weighted by Crippen LogP contribution is 2.52. The van der Waals surface area contributed by atoms with Gasteiger partial charge >= 0.3 is 0 Å². The first kappa shape index (κ1) is 21.1. The molecule has 0 saturated heterocycles. The van der Waals surface area contributed by atoms with E-state index in [0.717, 1.165) is 16.9 Å². The maximum absolute atomic E-state index is 6.86. The summed E-state index contributed by atoms with van der Waals surface area (Å²) in [6.07, 6.45) is 4.14. The average Bonchev–Trinajstić information content (AvgIpc) is 3.27. The van der Waals surface area contributed by atoms with E-state index in [9.17, 15) is 0 Å². The van der Waals surface area contributed by atoms with Crippen LogP contribution in [0.4, 0.5) is 0 Å². The van der Waals surface area contributed by atoms with Crippen molar-refractivity contribution in [3.63, 3.8) is 0 Å². The van der Waals surface area contributed by atoms with Gasteiger partial charge in [0, 0.05) is 45.1 Å². The van der Waals surface area contributed by atoms with Crippen molar-refractivity contribution < 1.29 is 8.98 Å². The summed E-state index contributed by atoms with van der Waals surface area (Å²) in [6, 6.07) is 15.5. The molecule has 0 aliphatic heterocycles. The van der Waals surface area contributed by atoms with Gasteiger partial charge in [0.15, 0.2) is 6.20 Å². The number of benzene rings is 2. The molecular weight excluding hydrogens is 416 g/mol. The third-order valence-electron chi connectivity index (χ3n) is 7.75. The minimum Gasteiger partial charge on any atom is -0.454 e. The van der Waals surface area contributed by atoms with Gasteiger partial charge in [0.25, 0.3) is 0 Å². The number of pyridine rings is 2. The number of hydrogen-bond donors (Lipinski definition) is 0. The Hall–Kier alpha value is -3.46. The Kier molecular flexibility index (Phi) is 4.36. The van der Waals surface area contributed by atoms with Gasteiger partial charge in [-0.2, -0.15) is 0 Å². The van der Waals surface area contributed by atoms with Gasteiger partial charge in [-0.3, -0.25) is 4.98 Å². The van der Waals surface area contributed by atoms with Crippen molar-refractivity contribution in [1.29, 1.82) is 0 Å². The van der Waals surface area contributed by atoms with E-state index in [1.54, 1.807) is 0 Å². The molecular formula is C31H31N2O+. The standard InChI is InChI=1S/C31H31N2O/c1-17(2)23-15-25(33(7)16-19(23)4)26-18(3)10-11-20-21-12-13-24-27(29(21)34-28(20)26)22-9-8-14-32-30(22)31(24,5)6/h8-17H,1-7H3/q+1. The van der Waals surface area contributed by atoms with Crippen molar-refractivity contribution in [3.8, 4) is 22.4 Å². The fraction of sp³-hybridized carbons (Fsp3) is 0.290. The quantitative estimate of drug-likeness (QED) is 0.262. The number of fused-ring (bicyclic) bond motifs is 7. The maximum atomic E-state index is 6.86. The van der Waals surface area contributed by atoms with Crippen molar-refractivity contribution in [3.05, 3.63) is 82.8 Å². The number of aryl methyl sites for hydroxylation is 3. The number of hydrogen-bond acceptors (Lipinski definition) is 2. The van der Waals surface area contributed by atoms with Gasteiger partial charge in [-0.05, 0) is 42.5 Å². The molecule has 170 valence electrons. The summed E-state index contributed by atoms with van der Waals surface area (Å²) in [5, 5.41) is 2.33. The smallest absolute Gasteiger partial charge is 0.216 e. The van der Waals surface area contributed by atoms with Crippen LogP contribution in [0.1, 0.15) is 61.6 Å². The van der Waals surface area contributed by atoms with Crippen LogP contribution in [-0.4, -0.2) is 4.98 Å². The fourth-order valence-electron chi connectivity index (χ4n) is 6.01. The Labute approximate surface area is 201 Å². The first-order valence-electron chi connectivity index (χ1n) is 12.2. The van der Waals surface area contributed by atoms with Crippen molar-refractivity contribution in [2.75, 3.05) is 0 Å². The second-order valence-electron chi connectivity index (χ2n) is 10.7. The molecule has 0 amide bonds. The summed E-state index contributed by atoms with van der Waals surface area (Å²) < 4.78 is 9.10. The summed E-state index contributed by atoms with van der Waals surface area (Å²) >= 11 is 0. The van der Waals surface area contributed by atoms with E-state index in [-0.39, 0.29) is 5.41 Å². The molecule has 0 spiro atoms. The third kappa shape index (κ3) is 2.70. The van der Waals surface area contributed by atoms with Crippen LogP contribution in [0.2, 0.25) is 0 Å². The van der Waals surface area contributed by atoms with Crippen LogP contribution in [0.25, 0.3) is 44.3 Å². The van der Waals surface area contributed by atoms with Crippen LogP contribution in [-0.2, 0) is 12.5 Å². The van der Waals surface area contributed by atoms with Crippen molar-refractivity contribution >= 4 is 21.9 Å². The summed E-state index contributed by atoms with van der Waals surface area (Å²) in [6.45, 7) is 13.4. The van der Waals surface area contributed by atoms with Crippen molar-refractivity contribution in [2.24, 2.45) is 7.05 Å². The van der Waals surface area contributed by atoms with Crippen LogP contribution in [0.3, 0.4) is 0 Å². The third-order valence-corrected chi connectivity index (χ3v) is 7.75. The molecule has 3 nitrogen and oxygen atoms in total. The Balaban J connectivity index is 1.72. The minimum absolute atomic E-state index is 0.145. The van der Waals surface area contributed by atoms with E-state index in [1.165, 1.54) is 55.4 Å². The Morgan fingerprint density at radius 2 is 1.62 bits per heavy atom. The molecule has 0 saturated carbocycles. The fourth-order valence-corrected chi connectivity index (χ4v) is 6.01. The zero-order chi connectivity index (χ0) is 23.9. The van der Waals surface area contributed by atoms with E-state index in [4.69, 9.17) is 9.40 Å². The molecule has 34 heavy (non-hydrogen) atoms. The molecule has 3 aromatic heterocycles. The predicted octanol–water partition coefficient (Wildman–Crippen LogP) is 7.52. The topological polar surface area (TPSA) is 29.9 Å². The largest absolute Gasteiger partial charge is 0.454 e. The summed E-state index contributed by atoms with van der Waals surface area (Å²) in [5.41, 5.74) is 12.9. The lowest BCUT2D eigenvalue weighted by Gasteiger charge is -2.19. The predicted molar refractivity (Wildman–Crippen MR) is 139 cm³/mol. The van der Waals surface area contributed by atoms with E-state index in [2.05, 4.69) is 95.8 Å². The molecule has 0 atom stereocenters. The van der Waals surface area contributed by atoms with Gasteiger partial charge in [0.2, 0.25) is 5.69 Å². The molecule has 1 aliphatic carbocycles. The zero-order valence-electron chi connectivity index (χ0n) is 21.1. The normalized spacial score (nSPS) is 14.2. The summed E-state index contributed by atoms with van der Waals surface area (Å²) in [7, 11) is 2.13. The highest BCUT2D eigenvalue weighted by Gasteiger charge is 2.39. The van der Waals surface area contributed by atoms with E-state index in [1.807, 2.05) is 12.3 Å². The first-order chi connectivity index (χ1) is 16.2. The maximum Gasteiger partial charge on any atom is 0.216 e. The average molecular weight is 448 g/mol. The molecule has 6 rings (SSSR count). The van der Waals surface area contributed by atoms with Gasteiger partial charge in [-0.25, -0.2) is 4.57 Å². The van der Waals surface area contributed by atoms with Crippen molar-refractivity contribution in [1.82, 2.24) is 4.98 Å². The monoisotopic (exact) mass is 447 g/mol. The molecule has 0 fully saturated rings. The van der Waals surface area contributed by atoms with Gasteiger partial charge in [-0.15, -0.1) is 0 Å². The molecule has 0 unspecified atom stereocenters. The highest BCUT2D eigenvalue weighted by atomic mass is 16.3. The van der Waals surface area contributed by atoms with Crippen LogP contribution in [0.5, 0.6) is 0 Å². The highest BCUT2D eigenvalue weighted by molar-refractivity contribution is 6.14. The Morgan fingerprint density at radius 1 is 0.912 bits per heavy atom. The molecule has 1 aliphatic rings. The van der Waals surface area contributed by atoms with Crippen molar-refractivity contribution in [2.45, 2.75) is 52.9 Å². The van der Waals surface area contributed by atoms with E-state index in [0.29, 0.717) is 5.92 Å². The Morgan fingerprint density at radius 3 is 2.35 bits per heavy atom. The van der Waals surface area contributed by atoms with Gasteiger partial charge < -0.3 is 4.42 Å². The molecule has 3 heterocycles. The molecule has 0 radical (unpaired) electrons. The van der Waals surface area contributed by atoms with Crippen LogP contribution in [0, 0.1) is 13.8 Å². The molecule has 3 heteroatoms. The van der Waals surface area contributed by atoms with E-state index >= 15 is 0 Å². The Bertz CT molecular complexity index is 1640. The number of furan rings is 1. The van der Waals surface area contributed by atoms with Gasteiger partial charge in [-0.1, -0.05) is 58.0 Å². The van der Waals surface area contributed by atoms with Gasteiger partial charge in [0.1, 0.15) is 18.2 Å². The molecule has 0 bridgehead atoms. The molecule has 0 N–H and O–H groups in total. The van der Waals surface area contributed by atoms with E-state index < -0.39 is 0 Å². The van der Waals surface area contributed by atoms with Gasteiger partial charge in [0.05, 0.1) is 11.3 Å². The second-order valence-corrected chi connectivity index (χ2v) is 10.7. The first-order valence-corrected chi connectivity index (χ1v) is 12.2. The lowest BCUT2D eigenvalue weighted by atomic mass is 9.85. The van der Waals surface area contributed by atoms with Crippen LogP contribution in [0.15, 0.2) is 59.3 Å². The minimum atomic E-state index is -0.145. The molecule has 2 aromatic carbocycles. The lowest BCUT2D eigenvalue weighted by Crippen LogP contribution is -2.32. The second kappa shape index (κ2) is 7.02. The number of aromatic nitrogens is 2. The SMILES string of the molecule is Cc1c[n+](C)c(-c2c(C)ccc3c2oc2c4c(ccc23)C(C)(C)c2ncccc2-4)cc1C(C)C. The summed E-state index contributed by atoms with van der Waals surface area (Å²) in [5.74, 6) is 0.463. The van der Waals surface area contributed by atoms with Crippen LogP contribution >= 0.6 is 0 Å². The van der Waals surface area contributed by atoms with Crippen LogP contribution < -0.4 is 4.57 Å². The summed E-state index contributed by atoms with van der Waals surface area (Å²) in [4.78, 5) is 4.77. The zero-order valence-corrected chi connectivity index (χ0v) is 21.1. The molecule has 5 aromatic rings. The lowest BCUT2D eigenvalue weighted by molar-refractivity contribution is -0.660. The number of rotatable bonds is 2. The number of nitrogens with zero attached hydrogens (tertiary/aromatic N) is 2.